The Morgan fingerprint density at radius 3 is 2.35 bits per heavy atom. The summed E-state index contributed by atoms with van der Waals surface area (Å²) in [6.07, 6.45) is -0.386. The van der Waals surface area contributed by atoms with Crippen LogP contribution < -0.4 is 0 Å². The van der Waals surface area contributed by atoms with Crippen molar-refractivity contribution < 1.29 is 23.1 Å². The Labute approximate surface area is 116 Å². The molecule has 0 aliphatic rings. The van der Waals surface area contributed by atoms with Gasteiger partial charge in [0.2, 0.25) is 5.91 Å². The first-order valence-electron chi connectivity index (χ1n) is 6.11. The lowest BCUT2D eigenvalue weighted by Gasteiger charge is -2.20. The first kappa shape index (κ1) is 16.1. The van der Waals surface area contributed by atoms with Crippen molar-refractivity contribution in [2.75, 3.05) is 20.7 Å². The highest BCUT2D eigenvalue weighted by Crippen LogP contribution is 2.14. The molecule has 6 heteroatoms. The molecule has 1 amide bonds. The van der Waals surface area contributed by atoms with Gasteiger partial charge in [0.05, 0.1) is 19.4 Å². The summed E-state index contributed by atoms with van der Waals surface area (Å²) in [6, 6.07) is 3.44. The molecule has 0 radical (unpaired) electrons. The molecule has 0 aliphatic carbocycles. The Hall–Kier alpha value is -1.98. The zero-order chi connectivity index (χ0) is 15.3. The Morgan fingerprint density at radius 2 is 1.85 bits per heavy atom. The highest BCUT2D eigenvalue weighted by atomic mass is 19.1. The lowest BCUT2D eigenvalue weighted by Crippen LogP contribution is -2.35. The zero-order valence-corrected chi connectivity index (χ0v) is 11.7. The van der Waals surface area contributed by atoms with Crippen LogP contribution in [0.4, 0.5) is 8.78 Å². The van der Waals surface area contributed by atoms with E-state index in [4.69, 9.17) is 0 Å². The van der Waals surface area contributed by atoms with Crippen molar-refractivity contribution in [3.8, 4) is 0 Å². The maximum Gasteiger partial charge on any atom is 0.310 e. The fourth-order valence-electron chi connectivity index (χ4n) is 1.78. The monoisotopic (exact) mass is 285 g/mol. The summed E-state index contributed by atoms with van der Waals surface area (Å²) in [7, 11) is 2.73. The molecule has 1 unspecified atom stereocenters. The quantitative estimate of drug-likeness (QED) is 0.775. The van der Waals surface area contributed by atoms with Crippen LogP contribution in [0.1, 0.15) is 12.5 Å². The molecule has 1 aromatic carbocycles. The summed E-state index contributed by atoms with van der Waals surface area (Å²) in [5, 5.41) is 0. The van der Waals surface area contributed by atoms with Gasteiger partial charge in [0.15, 0.2) is 0 Å². The van der Waals surface area contributed by atoms with Gasteiger partial charge in [-0.05, 0) is 12.1 Å². The molecule has 1 aromatic rings. The van der Waals surface area contributed by atoms with E-state index < -0.39 is 29.4 Å². The molecule has 0 aromatic heterocycles. The molecule has 0 fully saturated rings. The number of nitrogens with zero attached hydrogens (tertiary/aromatic N) is 1. The maximum atomic E-state index is 13.4. The largest absolute Gasteiger partial charge is 0.469 e. The maximum absolute atomic E-state index is 13.4. The van der Waals surface area contributed by atoms with Crippen molar-refractivity contribution in [1.82, 2.24) is 4.90 Å². The Kier molecular flexibility index (Phi) is 5.61. The minimum Gasteiger partial charge on any atom is -0.469 e. The average molecular weight is 285 g/mol. The van der Waals surface area contributed by atoms with E-state index in [2.05, 4.69) is 4.74 Å². The molecular formula is C14H17F2NO3. The van der Waals surface area contributed by atoms with Crippen LogP contribution in [0, 0.1) is 17.6 Å². The van der Waals surface area contributed by atoms with Gasteiger partial charge in [0, 0.05) is 19.2 Å². The Morgan fingerprint density at radius 1 is 1.30 bits per heavy atom. The van der Waals surface area contributed by atoms with Crippen LogP contribution in [-0.2, 0) is 20.7 Å². The van der Waals surface area contributed by atoms with E-state index in [-0.39, 0.29) is 18.5 Å². The molecule has 0 N–H and O–H groups in total. The van der Waals surface area contributed by atoms with Crippen molar-refractivity contribution in [3.05, 3.63) is 35.4 Å². The van der Waals surface area contributed by atoms with Gasteiger partial charge in [-0.25, -0.2) is 8.78 Å². The van der Waals surface area contributed by atoms with Gasteiger partial charge in [-0.15, -0.1) is 0 Å². The van der Waals surface area contributed by atoms with Gasteiger partial charge in [-0.2, -0.15) is 0 Å². The van der Waals surface area contributed by atoms with Crippen molar-refractivity contribution in [3.63, 3.8) is 0 Å². The summed E-state index contributed by atoms with van der Waals surface area (Å²) in [6.45, 7) is 1.74. The molecule has 4 nitrogen and oxygen atoms in total. The molecule has 20 heavy (non-hydrogen) atoms. The van der Waals surface area contributed by atoms with E-state index in [1.54, 1.807) is 6.92 Å². The van der Waals surface area contributed by atoms with E-state index in [9.17, 15) is 18.4 Å². The predicted molar refractivity (Wildman–Crippen MR) is 68.9 cm³/mol. The number of carbonyl (C=O) groups is 2. The second kappa shape index (κ2) is 6.98. The molecule has 0 spiro atoms. The van der Waals surface area contributed by atoms with Crippen LogP contribution in [-0.4, -0.2) is 37.5 Å². The van der Waals surface area contributed by atoms with Gasteiger partial charge in [-0.1, -0.05) is 13.0 Å². The van der Waals surface area contributed by atoms with Crippen LogP contribution in [0.3, 0.4) is 0 Å². The van der Waals surface area contributed by atoms with Crippen LogP contribution in [0.25, 0.3) is 0 Å². The lowest BCUT2D eigenvalue weighted by atomic mass is 10.1. The molecule has 110 valence electrons. The van der Waals surface area contributed by atoms with Crippen molar-refractivity contribution in [1.29, 1.82) is 0 Å². The van der Waals surface area contributed by atoms with Gasteiger partial charge < -0.3 is 9.64 Å². The summed E-state index contributed by atoms with van der Waals surface area (Å²) in [5.41, 5.74) is -0.268. The Bertz CT molecular complexity index is 485. The molecule has 1 rings (SSSR count). The molecule has 0 saturated carbocycles. The number of esters is 1. The number of halogens is 2. The van der Waals surface area contributed by atoms with E-state index >= 15 is 0 Å². The second-order valence-electron chi connectivity index (χ2n) is 4.58. The third-order valence-corrected chi connectivity index (χ3v) is 2.97. The standard InChI is InChI=1S/C14H17F2NO3/c1-9(14(19)20-3)8-17(2)13(18)7-10-11(15)5-4-6-12(10)16/h4-6,9H,7-8H2,1-3H3. The van der Waals surface area contributed by atoms with Gasteiger partial charge >= 0.3 is 5.97 Å². The zero-order valence-electron chi connectivity index (χ0n) is 11.7. The highest BCUT2D eigenvalue weighted by Gasteiger charge is 2.20. The second-order valence-corrected chi connectivity index (χ2v) is 4.58. The first-order valence-corrected chi connectivity index (χ1v) is 6.11. The fourth-order valence-corrected chi connectivity index (χ4v) is 1.78. The molecular weight excluding hydrogens is 268 g/mol. The molecule has 0 bridgehead atoms. The van der Waals surface area contributed by atoms with E-state index in [0.717, 1.165) is 12.1 Å². The number of methoxy groups -OCH3 is 1. The lowest BCUT2D eigenvalue weighted by molar-refractivity contribution is -0.146. The number of rotatable bonds is 5. The van der Waals surface area contributed by atoms with Crippen molar-refractivity contribution in [2.24, 2.45) is 5.92 Å². The fraction of sp³-hybridized carbons (Fsp3) is 0.429. The molecule has 0 heterocycles. The predicted octanol–water partition coefficient (Wildman–Crippen LogP) is 1.77. The van der Waals surface area contributed by atoms with Crippen LogP contribution in [0.15, 0.2) is 18.2 Å². The molecule has 0 saturated heterocycles. The third-order valence-electron chi connectivity index (χ3n) is 2.97. The number of benzene rings is 1. The van der Waals surface area contributed by atoms with Crippen molar-refractivity contribution in [2.45, 2.75) is 13.3 Å². The smallest absolute Gasteiger partial charge is 0.310 e. The summed E-state index contributed by atoms with van der Waals surface area (Å²) >= 11 is 0. The SMILES string of the molecule is COC(=O)C(C)CN(C)C(=O)Cc1c(F)cccc1F. The van der Waals surface area contributed by atoms with Crippen LogP contribution in [0.5, 0.6) is 0 Å². The minimum atomic E-state index is -0.757. The Balaban J connectivity index is 2.69. The summed E-state index contributed by atoms with van der Waals surface area (Å²) in [5.74, 6) is -2.92. The highest BCUT2D eigenvalue weighted by molar-refractivity contribution is 5.79. The molecule has 0 aliphatic heterocycles. The van der Waals surface area contributed by atoms with E-state index in [1.807, 2.05) is 0 Å². The van der Waals surface area contributed by atoms with E-state index in [1.165, 1.54) is 25.1 Å². The average Bonchev–Trinajstić information content (AvgIpc) is 2.41. The van der Waals surface area contributed by atoms with Crippen molar-refractivity contribution >= 4 is 11.9 Å². The van der Waals surface area contributed by atoms with E-state index in [0.29, 0.717) is 0 Å². The number of amides is 1. The van der Waals surface area contributed by atoms with Gasteiger partial charge in [-0.3, -0.25) is 9.59 Å². The first-order chi connectivity index (χ1) is 9.36. The number of hydrogen-bond donors (Lipinski definition) is 0. The summed E-state index contributed by atoms with van der Waals surface area (Å²) in [4.78, 5) is 24.4. The topological polar surface area (TPSA) is 46.6 Å². The van der Waals surface area contributed by atoms with Crippen LogP contribution in [0.2, 0.25) is 0 Å². The summed E-state index contributed by atoms with van der Waals surface area (Å²) < 4.78 is 31.4. The normalized spacial score (nSPS) is 11.8. The van der Waals surface area contributed by atoms with Crippen LogP contribution >= 0.6 is 0 Å². The van der Waals surface area contributed by atoms with Gasteiger partial charge in [0.1, 0.15) is 11.6 Å². The van der Waals surface area contributed by atoms with Gasteiger partial charge in [0.25, 0.3) is 0 Å². The number of carbonyl (C=O) groups excluding carboxylic acids is 2. The number of ether oxygens (including phenoxy) is 1. The number of likely N-dealkylation sites (N-methyl/N-ethyl adjacent to an activating group) is 1. The molecule has 1 atom stereocenters. The third kappa shape index (κ3) is 4.01. The number of hydrogen-bond acceptors (Lipinski definition) is 3. The minimum absolute atomic E-state index is 0.127.